The fourth-order valence-corrected chi connectivity index (χ4v) is 4.37. The fraction of sp³-hybridized carbons (Fsp3) is 0.938. The SMILES string of the molecule is CC1CCC(C)N1CC(=O)N(C)C1CC2CCC(C1)N2.Cl.Cl. The van der Waals surface area contributed by atoms with Crippen LogP contribution in [0.25, 0.3) is 0 Å². The van der Waals surface area contributed by atoms with Crippen LogP contribution in [0.2, 0.25) is 0 Å². The van der Waals surface area contributed by atoms with Crippen LogP contribution in [-0.2, 0) is 4.79 Å². The van der Waals surface area contributed by atoms with Crippen LogP contribution in [0.3, 0.4) is 0 Å². The van der Waals surface area contributed by atoms with Crippen LogP contribution in [0.4, 0.5) is 0 Å². The monoisotopic (exact) mass is 351 g/mol. The highest BCUT2D eigenvalue weighted by Crippen LogP contribution is 2.30. The van der Waals surface area contributed by atoms with E-state index in [1.165, 1.54) is 25.7 Å². The third-order valence-corrected chi connectivity index (χ3v) is 5.84. The Labute approximate surface area is 147 Å². The van der Waals surface area contributed by atoms with Crippen molar-refractivity contribution in [2.45, 2.75) is 82.6 Å². The minimum absolute atomic E-state index is 0. The van der Waals surface area contributed by atoms with E-state index in [-0.39, 0.29) is 24.8 Å². The zero-order chi connectivity index (χ0) is 14.3. The Morgan fingerprint density at radius 3 is 2.05 bits per heavy atom. The van der Waals surface area contributed by atoms with Crippen molar-refractivity contribution in [3.05, 3.63) is 0 Å². The minimum atomic E-state index is 0. The lowest BCUT2D eigenvalue weighted by Gasteiger charge is -2.37. The van der Waals surface area contributed by atoms with E-state index < -0.39 is 0 Å². The molecule has 3 aliphatic heterocycles. The molecule has 4 atom stereocenters. The van der Waals surface area contributed by atoms with E-state index in [2.05, 4.69) is 24.1 Å². The molecule has 3 aliphatic rings. The molecular weight excluding hydrogens is 321 g/mol. The summed E-state index contributed by atoms with van der Waals surface area (Å²) >= 11 is 0. The molecule has 2 bridgehead atoms. The molecule has 0 aromatic rings. The van der Waals surface area contributed by atoms with Crippen molar-refractivity contribution in [2.24, 2.45) is 0 Å². The van der Waals surface area contributed by atoms with Gasteiger partial charge in [0.2, 0.25) is 5.91 Å². The zero-order valence-electron chi connectivity index (χ0n) is 14.0. The molecule has 0 saturated carbocycles. The second kappa shape index (κ2) is 8.18. The number of carbonyl (C=O) groups excluding carboxylic acids is 1. The number of hydrogen-bond donors (Lipinski definition) is 1. The van der Waals surface area contributed by atoms with Crippen LogP contribution >= 0.6 is 24.8 Å². The average Bonchev–Trinajstić information content (AvgIpc) is 2.93. The van der Waals surface area contributed by atoms with Crippen LogP contribution < -0.4 is 5.32 Å². The van der Waals surface area contributed by atoms with Crippen molar-refractivity contribution in [1.82, 2.24) is 15.1 Å². The third kappa shape index (κ3) is 4.08. The van der Waals surface area contributed by atoms with Crippen LogP contribution in [0.5, 0.6) is 0 Å². The number of nitrogens with zero attached hydrogens (tertiary/aromatic N) is 2. The second-order valence-corrected chi connectivity index (χ2v) is 7.22. The molecular formula is C16H31Cl2N3O. The summed E-state index contributed by atoms with van der Waals surface area (Å²) in [6.45, 7) is 5.11. The number of piperidine rings is 1. The van der Waals surface area contributed by atoms with Gasteiger partial charge >= 0.3 is 0 Å². The van der Waals surface area contributed by atoms with Gasteiger partial charge in [-0.1, -0.05) is 0 Å². The van der Waals surface area contributed by atoms with Gasteiger partial charge in [-0.2, -0.15) is 0 Å². The number of carbonyl (C=O) groups is 1. The molecule has 130 valence electrons. The second-order valence-electron chi connectivity index (χ2n) is 7.22. The average molecular weight is 352 g/mol. The first-order chi connectivity index (χ1) is 9.54. The highest BCUT2D eigenvalue weighted by atomic mass is 35.5. The Bertz CT molecular complexity index is 360. The molecule has 0 aromatic carbocycles. The van der Waals surface area contributed by atoms with Gasteiger partial charge in [0.15, 0.2) is 0 Å². The lowest BCUT2D eigenvalue weighted by atomic mass is 9.98. The summed E-state index contributed by atoms with van der Waals surface area (Å²) in [5, 5.41) is 3.65. The van der Waals surface area contributed by atoms with Gasteiger partial charge in [-0.15, -0.1) is 24.8 Å². The standard InChI is InChI=1S/C16H29N3O.2ClH/c1-11-4-5-12(2)19(11)10-16(20)18(3)15-8-13-6-7-14(9-15)17-13;;/h11-15,17H,4-10H2,1-3H3;2*1H. The number of hydrogen-bond acceptors (Lipinski definition) is 3. The van der Waals surface area contributed by atoms with E-state index in [9.17, 15) is 4.79 Å². The number of nitrogens with one attached hydrogen (secondary N) is 1. The van der Waals surface area contributed by atoms with Crippen molar-refractivity contribution in [2.75, 3.05) is 13.6 Å². The number of likely N-dealkylation sites (tertiary alicyclic amines) is 1. The van der Waals surface area contributed by atoms with Gasteiger partial charge in [0, 0.05) is 37.3 Å². The first-order valence-electron chi connectivity index (χ1n) is 8.32. The molecule has 0 radical (unpaired) electrons. The van der Waals surface area contributed by atoms with Gasteiger partial charge in [0.05, 0.1) is 6.54 Å². The fourth-order valence-electron chi connectivity index (χ4n) is 4.37. The molecule has 4 nitrogen and oxygen atoms in total. The number of rotatable bonds is 3. The Morgan fingerprint density at radius 1 is 1.05 bits per heavy atom. The summed E-state index contributed by atoms with van der Waals surface area (Å²) in [5.41, 5.74) is 0. The van der Waals surface area contributed by atoms with Crippen molar-refractivity contribution < 1.29 is 4.79 Å². The Kier molecular flexibility index (Phi) is 7.44. The number of fused-ring (bicyclic) bond motifs is 2. The van der Waals surface area contributed by atoms with Crippen LogP contribution in [0.1, 0.15) is 52.4 Å². The molecule has 1 amide bonds. The lowest BCUT2D eigenvalue weighted by Crippen LogP contribution is -2.51. The smallest absolute Gasteiger partial charge is 0.236 e. The lowest BCUT2D eigenvalue weighted by molar-refractivity contribution is -0.134. The third-order valence-electron chi connectivity index (χ3n) is 5.84. The number of likely N-dealkylation sites (N-methyl/N-ethyl adjacent to an activating group) is 1. The van der Waals surface area contributed by atoms with Gasteiger partial charge in [-0.25, -0.2) is 0 Å². The van der Waals surface area contributed by atoms with Gasteiger partial charge < -0.3 is 10.2 Å². The Balaban J connectivity index is 0.00000121. The van der Waals surface area contributed by atoms with Crippen molar-refractivity contribution in [3.8, 4) is 0 Å². The highest BCUT2D eigenvalue weighted by molar-refractivity contribution is 5.85. The summed E-state index contributed by atoms with van der Waals surface area (Å²) in [6.07, 6.45) is 7.34. The molecule has 1 N–H and O–H groups in total. The summed E-state index contributed by atoms with van der Waals surface area (Å²) in [5.74, 6) is 0.317. The van der Waals surface area contributed by atoms with Crippen LogP contribution in [-0.4, -0.2) is 59.5 Å². The minimum Gasteiger partial charge on any atom is -0.342 e. The van der Waals surface area contributed by atoms with Crippen molar-refractivity contribution in [1.29, 1.82) is 0 Å². The largest absolute Gasteiger partial charge is 0.342 e. The Hall–Kier alpha value is -0.0300. The van der Waals surface area contributed by atoms with E-state index in [4.69, 9.17) is 0 Å². The molecule has 3 saturated heterocycles. The van der Waals surface area contributed by atoms with Gasteiger partial charge in [-0.3, -0.25) is 9.69 Å². The summed E-state index contributed by atoms with van der Waals surface area (Å²) < 4.78 is 0. The van der Waals surface area contributed by atoms with Crippen LogP contribution in [0.15, 0.2) is 0 Å². The molecule has 0 aliphatic carbocycles. The van der Waals surface area contributed by atoms with E-state index in [0.717, 1.165) is 12.8 Å². The number of amides is 1. The summed E-state index contributed by atoms with van der Waals surface area (Å²) in [4.78, 5) is 17.0. The maximum atomic E-state index is 12.6. The maximum absolute atomic E-state index is 12.6. The predicted octanol–water partition coefficient (Wildman–Crippen LogP) is 2.44. The first kappa shape index (κ1) is 20.0. The normalized spacial score (nSPS) is 37.3. The molecule has 4 unspecified atom stereocenters. The first-order valence-corrected chi connectivity index (χ1v) is 8.32. The zero-order valence-corrected chi connectivity index (χ0v) is 15.6. The molecule has 0 aromatic heterocycles. The van der Waals surface area contributed by atoms with Gasteiger partial charge in [0.25, 0.3) is 0 Å². The van der Waals surface area contributed by atoms with Crippen molar-refractivity contribution >= 4 is 30.7 Å². The molecule has 3 heterocycles. The maximum Gasteiger partial charge on any atom is 0.236 e. The molecule has 6 heteroatoms. The summed E-state index contributed by atoms with van der Waals surface area (Å²) in [7, 11) is 2.02. The number of halogens is 2. The predicted molar refractivity (Wildman–Crippen MR) is 95.1 cm³/mol. The van der Waals surface area contributed by atoms with Crippen LogP contribution in [0, 0.1) is 0 Å². The topological polar surface area (TPSA) is 35.6 Å². The van der Waals surface area contributed by atoms with Gasteiger partial charge in [-0.05, 0) is 52.4 Å². The molecule has 3 rings (SSSR count). The molecule has 3 fully saturated rings. The van der Waals surface area contributed by atoms with E-state index in [0.29, 0.717) is 42.7 Å². The molecule has 22 heavy (non-hydrogen) atoms. The van der Waals surface area contributed by atoms with E-state index in [1.54, 1.807) is 0 Å². The van der Waals surface area contributed by atoms with E-state index >= 15 is 0 Å². The quantitative estimate of drug-likeness (QED) is 0.848. The Morgan fingerprint density at radius 2 is 1.55 bits per heavy atom. The van der Waals surface area contributed by atoms with E-state index in [1.807, 2.05) is 11.9 Å². The van der Waals surface area contributed by atoms with Crippen molar-refractivity contribution in [3.63, 3.8) is 0 Å². The highest BCUT2D eigenvalue weighted by Gasteiger charge is 2.37. The van der Waals surface area contributed by atoms with Gasteiger partial charge in [0.1, 0.15) is 0 Å². The molecule has 0 spiro atoms. The summed E-state index contributed by atoms with van der Waals surface area (Å²) in [6, 6.07) is 2.88.